The van der Waals surface area contributed by atoms with E-state index >= 15 is 0 Å². The van der Waals surface area contributed by atoms with Gasteiger partial charge in [0, 0.05) is 11.1 Å². The number of hydrogen-bond donors (Lipinski definition) is 2. The fourth-order valence-corrected chi connectivity index (χ4v) is 3.58. The van der Waals surface area contributed by atoms with Gasteiger partial charge in [0.05, 0.1) is 15.6 Å². The van der Waals surface area contributed by atoms with Gasteiger partial charge < -0.3 is 11.5 Å². The number of thiazole rings is 1. The van der Waals surface area contributed by atoms with Crippen molar-refractivity contribution in [1.82, 2.24) is 4.98 Å². The van der Waals surface area contributed by atoms with Gasteiger partial charge in [-0.25, -0.2) is 9.37 Å². The van der Waals surface area contributed by atoms with Crippen LogP contribution >= 0.6 is 11.3 Å². The second kappa shape index (κ2) is 6.01. The lowest BCUT2D eigenvalue weighted by molar-refractivity contribution is 0.100. The molecule has 3 aromatic rings. The summed E-state index contributed by atoms with van der Waals surface area (Å²) in [5.41, 5.74) is 12.0. The predicted molar refractivity (Wildman–Crippen MR) is 94.6 cm³/mol. The van der Waals surface area contributed by atoms with Crippen LogP contribution in [0.25, 0.3) is 21.2 Å². The average Bonchev–Trinajstić information content (AvgIpc) is 2.84. The van der Waals surface area contributed by atoms with Crippen LogP contribution in [0.2, 0.25) is 0 Å². The highest BCUT2D eigenvalue weighted by atomic mass is 32.1. The first-order valence-corrected chi connectivity index (χ1v) is 7.99. The Balaban J connectivity index is 2.28. The number of carbonyl (C=O) groups is 1. The molecule has 0 bridgehead atoms. The summed E-state index contributed by atoms with van der Waals surface area (Å²) in [6.45, 7) is 3.71. The number of aliphatic imine (C=N–C) groups is 1. The van der Waals surface area contributed by atoms with Crippen LogP contribution in [0.5, 0.6) is 0 Å². The number of rotatable bonds is 2. The number of halogens is 1. The van der Waals surface area contributed by atoms with Crippen LogP contribution in [-0.2, 0) is 0 Å². The zero-order valence-corrected chi connectivity index (χ0v) is 13.9. The van der Waals surface area contributed by atoms with E-state index in [1.165, 1.54) is 17.4 Å². The van der Waals surface area contributed by atoms with E-state index in [-0.39, 0.29) is 11.8 Å². The molecule has 7 heteroatoms. The van der Waals surface area contributed by atoms with E-state index in [1.807, 2.05) is 13.8 Å². The van der Waals surface area contributed by atoms with Gasteiger partial charge in [0.25, 0.3) is 5.91 Å². The van der Waals surface area contributed by atoms with E-state index < -0.39 is 5.91 Å². The lowest BCUT2D eigenvalue weighted by Crippen LogP contribution is -2.24. The van der Waals surface area contributed by atoms with Crippen molar-refractivity contribution < 1.29 is 9.18 Å². The van der Waals surface area contributed by atoms with E-state index in [0.717, 1.165) is 21.0 Å². The number of hydrogen-bond acceptors (Lipinski definition) is 3. The number of fused-ring (bicyclic) bond motifs is 1. The molecule has 0 unspecified atom stereocenters. The fraction of sp³-hybridized carbons (Fsp3) is 0.118. The maximum atomic E-state index is 14.6. The number of guanidine groups is 1. The molecule has 2 aromatic carbocycles. The molecule has 1 heterocycles. The Bertz CT molecular complexity index is 990. The van der Waals surface area contributed by atoms with Gasteiger partial charge in [-0.2, -0.15) is 4.99 Å². The Morgan fingerprint density at radius 3 is 2.54 bits per heavy atom. The lowest BCUT2D eigenvalue weighted by Gasteiger charge is -2.08. The number of aryl methyl sites for hydroxylation is 2. The van der Waals surface area contributed by atoms with Crippen LogP contribution in [-0.4, -0.2) is 16.9 Å². The summed E-state index contributed by atoms with van der Waals surface area (Å²) in [6.07, 6.45) is 0. The summed E-state index contributed by atoms with van der Waals surface area (Å²) in [5, 5.41) is 2.29. The standard InChI is InChI=1S/C17H15FN4OS/c1-8-15(24-9(2)21-8)14-12-7-11(16(23)22-17(19)20)4-3-10(12)5-6-13(14)18/h3-7H,1-2H3,(H4,19,20,22,23). The highest BCUT2D eigenvalue weighted by Gasteiger charge is 2.17. The molecule has 24 heavy (non-hydrogen) atoms. The lowest BCUT2D eigenvalue weighted by atomic mass is 9.99. The zero-order chi connectivity index (χ0) is 17.4. The highest BCUT2D eigenvalue weighted by molar-refractivity contribution is 7.15. The van der Waals surface area contributed by atoms with Crippen LogP contribution in [0.4, 0.5) is 4.39 Å². The highest BCUT2D eigenvalue weighted by Crippen LogP contribution is 2.37. The third kappa shape index (κ3) is 2.85. The van der Waals surface area contributed by atoms with Gasteiger partial charge >= 0.3 is 0 Å². The normalized spacial score (nSPS) is 10.8. The van der Waals surface area contributed by atoms with Gasteiger partial charge in [-0.1, -0.05) is 12.1 Å². The molecule has 1 amide bonds. The van der Waals surface area contributed by atoms with Crippen molar-refractivity contribution in [3.63, 3.8) is 0 Å². The SMILES string of the molecule is Cc1nc(C)c(-c2c(F)ccc3ccc(C(=O)N=C(N)N)cc23)s1. The molecule has 0 spiro atoms. The van der Waals surface area contributed by atoms with Crippen LogP contribution in [0.1, 0.15) is 21.1 Å². The van der Waals surface area contributed by atoms with Crippen LogP contribution < -0.4 is 11.5 Å². The first kappa shape index (κ1) is 16.1. The number of aromatic nitrogens is 1. The zero-order valence-electron chi connectivity index (χ0n) is 13.1. The van der Waals surface area contributed by atoms with Crippen molar-refractivity contribution in [3.05, 3.63) is 52.4 Å². The molecule has 0 atom stereocenters. The quantitative estimate of drug-likeness (QED) is 0.552. The maximum Gasteiger partial charge on any atom is 0.280 e. The van der Waals surface area contributed by atoms with Crippen LogP contribution in [0.15, 0.2) is 35.3 Å². The minimum Gasteiger partial charge on any atom is -0.370 e. The Morgan fingerprint density at radius 1 is 1.21 bits per heavy atom. The fourth-order valence-electron chi connectivity index (χ4n) is 2.60. The van der Waals surface area contributed by atoms with Crippen molar-refractivity contribution in [2.45, 2.75) is 13.8 Å². The number of amides is 1. The summed E-state index contributed by atoms with van der Waals surface area (Å²) < 4.78 is 14.6. The first-order chi connectivity index (χ1) is 11.4. The molecular weight excluding hydrogens is 327 g/mol. The summed E-state index contributed by atoms with van der Waals surface area (Å²) in [7, 11) is 0. The molecule has 0 aliphatic carbocycles. The molecule has 3 rings (SSSR count). The molecule has 0 aliphatic heterocycles. The van der Waals surface area contributed by atoms with Gasteiger partial charge in [-0.3, -0.25) is 4.79 Å². The number of nitrogens with two attached hydrogens (primary N) is 2. The Morgan fingerprint density at radius 2 is 1.92 bits per heavy atom. The largest absolute Gasteiger partial charge is 0.370 e. The van der Waals surface area contributed by atoms with Crippen molar-refractivity contribution in [1.29, 1.82) is 0 Å². The third-order valence-electron chi connectivity index (χ3n) is 3.58. The van der Waals surface area contributed by atoms with E-state index in [4.69, 9.17) is 11.5 Å². The number of nitrogens with zero attached hydrogens (tertiary/aromatic N) is 2. The molecule has 0 fully saturated rings. The molecule has 1 aromatic heterocycles. The molecule has 0 aliphatic rings. The number of benzene rings is 2. The van der Waals surface area contributed by atoms with Crippen LogP contribution in [0, 0.1) is 19.7 Å². The monoisotopic (exact) mass is 342 g/mol. The molecule has 5 nitrogen and oxygen atoms in total. The van der Waals surface area contributed by atoms with E-state index in [0.29, 0.717) is 16.5 Å². The Hall–Kier alpha value is -2.80. The molecule has 0 saturated heterocycles. The van der Waals surface area contributed by atoms with Crippen LogP contribution in [0.3, 0.4) is 0 Å². The molecule has 4 N–H and O–H groups in total. The molecule has 122 valence electrons. The summed E-state index contributed by atoms with van der Waals surface area (Å²) in [6, 6.07) is 8.06. The molecule has 0 radical (unpaired) electrons. The van der Waals surface area contributed by atoms with Gasteiger partial charge in [0.15, 0.2) is 5.96 Å². The number of carbonyl (C=O) groups excluding carboxylic acids is 1. The predicted octanol–water partition coefficient (Wildman–Crippen LogP) is 3.13. The molecule has 0 saturated carbocycles. The summed E-state index contributed by atoms with van der Waals surface area (Å²) >= 11 is 1.42. The average molecular weight is 342 g/mol. The van der Waals surface area contributed by atoms with Gasteiger partial charge in [-0.05, 0) is 42.8 Å². The second-order valence-corrected chi connectivity index (χ2v) is 6.55. The topological polar surface area (TPSA) is 94.4 Å². The second-order valence-electron chi connectivity index (χ2n) is 5.35. The van der Waals surface area contributed by atoms with Crippen molar-refractivity contribution in [2.24, 2.45) is 16.5 Å². The van der Waals surface area contributed by atoms with E-state index in [2.05, 4.69) is 9.98 Å². The van der Waals surface area contributed by atoms with Crippen molar-refractivity contribution >= 4 is 34.0 Å². The Labute approximate surface area is 141 Å². The smallest absolute Gasteiger partial charge is 0.280 e. The van der Waals surface area contributed by atoms with E-state index in [1.54, 1.807) is 24.3 Å². The first-order valence-electron chi connectivity index (χ1n) is 7.17. The third-order valence-corrected chi connectivity index (χ3v) is 4.67. The van der Waals surface area contributed by atoms with Gasteiger partial charge in [0.2, 0.25) is 0 Å². The van der Waals surface area contributed by atoms with Crippen molar-refractivity contribution in [3.8, 4) is 10.4 Å². The Kier molecular flexibility index (Phi) is 4.02. The minimum atomic E-state index is -0.565. The van der Waals surface area contributed by atoms with E-state index in [9.17, 15) is 9.18 Å². The summed E-state index contributed by atoms with van der Waals surface area (Å²) in [4.78, 5) is 20.7. The minimum absolute atomic E-state index is 0.293. The summed E-state index contributed by atoms with van der Waals surface area (Å²) in [5.74, 6) is -1.24. The van der Waals surface area contributed by atoms with Gasteiger partial charge in [-0.15, -0.1) is 11.3 Å². The van der Waals surface area contributed by atoms with Gasteiger partial charge in [0.1, 0.15) is 5.82 Å². The van der Waals surface area contributed by atoms with Crippen molar-refractivity contribution in [2.75, 3.05) is 0 Å². The molecular formula is C17H15FN4OS. The maximum absolute atomic E-state index is 14.6.